The number of amides is 3. The number of carbonyl (C=O) groups excluding carboxylic acids is 3. The van der Waals surface area contributed by atoms with Crippen LogP contribution in [0.1, 0.15) is 86.4 Å². The van der Waals surface area contributed by atoms with Crippen LogP contribution in [0, 0.1) is 34.8 Å². The first-order valence-corrected chi connectivity index (χ1v) is 29.1. The first-order valence-electron chi connectivity index (χ1n) is 23.4. The highest BCUT2D eigenvalue weighted by atomic mass is 35.5. The third-order valence-corrected chi connectivity index (χ3v) is 16.6. The van der Waals surface area contributed by atoms with Crippen LogP contribution in [0.3, 0.4) is 0 Å². The zero-order chi connectivity index (χ0) is 60.5. The minimum Gasteiger partial charge on any atom is -0.422 e. The number of rotatable bonds is 18. The molecule has 3 atom stereocenters. The van der Waals surface area contributed by atoms with Gasteiger partial charge in [0.15, 0.2) is 21.3 Å². The number of benzene rings is 2. The average Bonchev–Trinajstić information content (AvgIpc) is 3.48. The summed E-state index contributed by atoms with van der Waals surface area (Å²) >= 11 is 6.69. The molecule has 2 aromatic carbocycles. The van der Waals surface area contributed by atoms with Crippen LogP contribution in [0.2, 0.25) is 5.02 Å². The van der Waals surface area contributed by atoms with Crippen LogP contribution in [0.4, 0.5) is 54.5 Å². The van der Waals surface area contributed by atoms with Gasteiger partial charge >= 0.3 is 26.3 Å². The molecule has 440 valence electrons. The van der Waals surface area contributed by atoms with Crippen molar-refractivity contribution in [2.75, 3.05) is 30.2 Å². The third-order valence-electron chi connectivity index (χ3n) is 12.8. The number of sulfone groups is 1. The van der Waals surface area contributed by atoms with Gasteiger partial charge in [-0.1, -0.05) is 37.4 Å². The number of pyridine rings is 1. The molecule has 0 spiro atoms. The largest absolute Gasteiger partial charge is 0.472 e. The Balaban J connectivity index is 1.42. The van der Waals surface area contributed by atoms with Crippen molar-refractivity contribution in [1.82, 2.24) is 35.2 Å². The number of hydrogen-bond acceptors (Lipinski definition) is 13. The minimum atomic E-state index is -5.26. The Labute approximate surface area is 458 Å². The molecular formula is C47H46ClF10N8O12PS2. The molecule has 2 aliphatic rings. The lowest BCUT2D eigenvalue weighted by Crippen LogP contribution is -2.42. The van der Waals surface area contributed by atoms with E-state index >= 15 is 8.78 Å². The van der Waals surface area contributed by atoms with Crippen molar-refractivity contribution in [3.05, 3.63) is 93.0 Å². The lowest BCUT2D eigenvalue weighted by Gasteiger charge is -2.27. The number of carbonyl (C=O) groups is 3. The number of nitrogens with zero attached hydrogens (tertiary/aromatic N) is 6. The minimum absolute atomic E-state index is 0.0257. The second-order valence-electron chi connectivity index (χ2n) is 20.3. The average molecular weight is 1240 g/mol. The Morgan fingerprint density at radius 3 is 2.16 bits per heavy atom. The molecule has 0 unspecified atom stereocenters. The van der Waals surface area contributed by atoms with Gasteiger partial charge in [0, 0.05) is 47.9 Å². The molecule has 1 saturated carbocycles. The van der Waals surface area contributed by atoms with E-state index in [9.17, 15) is 70.9 Å². The van der Waals surface area contributed by atoms with Gasteiger partial charge in [0.1, 0.15) is 40.9 Å². The van der Waals surface area contributed by atoms with Gasteiger partial charge < -0.3 is 25.2 Å². The summed E-state index contributed by atoms with van der Waals surface area (Å²) in [6.07, 6.45) is -12.4. The highest BCUT2D eigenvalue weighted by Gasteiger charge is 2.68. The standard InChI is InChI=1S/C47H46ClF10N8O12PS2/c1-43(2,20-59-42(69)77-22-78-79(70,71)72)18-34(68)66(81(6,75)76)41-36-31(48)10-9-28(38(36)65(63-41)21-45(51,52)53)27-8-7-26(11-12-44(3,4)80(5,73)74)60-37(27)32(15-23-13-24(49)16-25(50)14-23)61-33(67)19-64-40-35(39(62-64)47(56,57)58)29-17-30(29)46(40,54)55/h7-10,13-14,16,29-30,32H,15,17-22H2,1-6H3,(H,59,69)(H,61,67)(H2,70,71,72)/t29-,30+,32-/m0/s1. The van der Waals surface area contributed by atoms with Crippen LogP contribution in [0.25, 0.3) is 22.0 Å². The molecule has 3 aromatic heterocycles. The maximum absolute atomic E-state index is 15.7. The Morgan fingerprint density at radius 1 is 0.951 bits per heavy atom. The van der Waals surface area contributed by atoms with Crippen molar-refractivity contribution >= 4 is 73.9 Å². The summed E-state index contributed by atoms with van der Waals surface area (Å²) in [6.45, 7) is -0.0738. The first-order chi connectivity index (χ1) is 37.0. The van der Waals surface area contributed by atoms with Crippen molar-refractivity contribution in [1.29, 1.82) is 0 Å². The van der Waals surface area contributed by atoms with Gasteiger partial charge in [-0.25, -0.2) is 44.5 Å². The fraction of sp³-hybridized carbons (Fsp3) is 0.447. The van der Waals surface area contributed by atoms with Crippen LogP contribution >= 0.6 is 19.4 Å². The SMILES string of the molecule is CC(C)(CNC(=O)OCOP(=O)(O)O)CC(=O)N(c1nn(CC(F)(F)F)c2c(-c3ccc(C#CC(C)(C)S(C)(=O)=O)nc3[C@H](Cc3cc(F)cc(F)c3)NC(=O)Cn3nc(C(F)(F)F)c4c3C(F)(F)[C@@H]3C[C@H]43)ccc(Cl)c12)S(C)(=O)=O. The molecule has 3 amide bonds. The Morgan fingerprint density at radius 2 is 1.58 bits per heavy atom. The van der Waals surface area contributed by atoms with E-state index in [0.717, 1.165) is 42.7 Å². The van der Waals surface area contributed by atoms with Gasteiger partial charge in [-0.05, 0) is 79.8 Å². The molecule has 2 aliphatic carbocycles. The highest BCUT2D eigenvalue weighted by Crippen LogP contribution is 2.68. The zero-order valence-corrected chi connectivity index (χ0v) is 46.1. The summed E-state index contributed by atoms with van der Waals surface area (Å²) < 4.78 is 219. The third kappa shape index (κ3) is 14.1. The van der Waals surface area contributed by atoms with E-state index in [1.54, 1.807) is 0 Å². The van der Waals surface area contributed by atoms with Crippen molar-refractivity contribution in [3.63, 3.8) is 0 Å². The first kappa shape index (κ1) is 62.2. The summed E-state index contributed by atoms with van der Waals surface area (Å²) in [4.78, 5) is 62.9. The fourth-order valence-electron chi connectivity index (χ4n) is 8.91. The topological polar surface area (TPSA) is 271 Å². The number of phosphoric ester groups is 1. The number of aromatic nitrogens is 5. The molecule has 5 aromatic rings. The molecule has 4 N–H and O–H groups in total. The Kier molecular flexibility index (Phi) is 16.7. The van der Waals surface area contributed by atoms with Crippen LogP contribution < -0.4 is 14.9 Å². The maximum Gasteiger partial charge on any atom is 0.472 e. The molecule has 7 rings (SSSR count). The van der Waals surface area contributed by atoms with E-state index in [1.807, 2.05) is 0 Å². The van der Waals surface area contributed by atoms with Crippen molar-refractivity contribution in [2.45, 2.75) is 95.0 Å². The number of sulfonamides is 1. The molecule has 0 bridgehead atoms. The van der Waals surface area contributed by atoms with Gasteiger partial charge in [-0.3, -0.25) is 19.0 Å². The van der Waals surface area contributed by atoms with Gasteiger partial charge in [-0.15, -0.1) is 0 Å². The number of anilines is 1. The van der Waals surface area contributed by atoms with Crippen LogP contribution in [0.15, 0.2) is 42.5 Å². The van der Waals surface area contributed by atoms with E-state index in [2.05, 4.69) is 46.9 Å². The molecule has 0 aliphatic heterocycles. The van der Waals surface area contributed by atoms with Crippen molar-refractivity contribution in [3.8, 4) is 23.0 Å². The molecule has 3 heterocycles. The number of ether oxygens (including phenoxy) is 1. The number of phosphoric acid groups is 1. The molecule has 81 heavy (non-hydrogen) atoms. The number of nitrogens with one attached hydrogen (secondary N) is 2. The Bertz CT molecular complexity index is 3710. The fourth-order valence-corrected chi connectivity index (χ4v) is 10.5. The number of alkyl halides is 8. The number of fused-ring (bicyclic) bond motifs is 4. The molecule has 34 heteroatoms. The number of alkyl carbamates (subject to hydrolysis) is 1. The second-order valence-corrected chi connectivity index (χ2v) is 26.3. The second kappa shape index (κ2) is 21.8. The molecular weight excluding hydrogens is 1190 g/mol. The molecule has 0 saturated heterocycles. The number of hydrogen-bond donors (Lipinski definition) is 4. The van der Waals surface area contributed by atoms with E-state index in [1.165, 1.54) is 27.7 Å². The monoisotopic (exact) mass is 1230 g/mol. The number of halogens is 11. The van der Waals surface area contributed by atoms with Gasteiger partial charge in [0.2, 0.25) is 28.6 Å². The van der Waals surface area contributed by atoms with Crippen molar-refractivity contribution < 1.29 is 98.7 Å². The normalized spacial score (nSPS) is 16.7. The van der Waals surface area contributed by atoms with E-state index < -0.39 is 193 Å². The van der Waals surface area contributed by atoms with E-state index in [-0.39, 0.29) is 36.9 Å². The Hall–Kier alpha value is -6.36. The van der Waals surface area contributed by atoms with Crippen molar-refractivity contribution in [2.24, 2.45) is 11.3 Å². The summed E-state index contributed by atoms with van der Waals surface area (Å²) in [5, 5.41) is 10.7. The summed E-state index contributed by atoms with van der Waals surface area (Å²) in [6, 6.07) is 4.46. The van der Waals surface area contributed by atoms with E-state index in [0.29, 0.717) is 12.3 Å². The predicted octanol–water partition coefficient (Wildman–Crippen LogP) is 7.79. The smallest absolute Gasteiger partial charge is 0.422 e. The van der Waals surface area contributed by atoms with Gasteiger partial charge in [-0.2, -0.15) is 49.6 Å². The van der Waals surface area contributed by atoms with Gasteiger partial charge in [0.05, 0.1) is 33.9 Å². The lowest BCUT2D eigenvalue weighted by atomic mass is 9.89. The summed E-state index contributed by atoms with van der Waals surface area (Å²) in [7, 11) is -14.0. The summed E-state index contributed by atoms with van der Waals surface area (Å²) in [5.74, 6) is -7.72. The molecule has 1 fully saturated rings. The van der Waals surface area contributed by atoms with Crippen LogP contribution in [0.5, 0.6) is 0 Å². The van der Waals surface area contributed by atoms with Crippen LogP contribution in [-0.4, -0.2) is 106 Å². The lowest BCUT2D eigenvalue weighted by molar-refractivity contribution is -0.143. The summed E-state index contributed by atoms with van der Waals surface area (Å²) in [5.41, 5.74) is -7.78. The maximum atomic E-state index is 15.7. The zero-order valence-electron chi connectivity index (χ0n) is 42.8. The van der Waals surface area contributed by atoms with Gasteiger partial charge in [0.25, 0.3) is 5.92 Å². The molecule has 0 radical (unpaired) electrons. The van der Waals surface area contributed by atoms with Crippen LogP contribution in [-0.2, 0) is 74.9 Å². The predicted molar refractivity (Wildman–Crippen MR) is 266 cm³/mol. The molecule has 20 nitrogen and oxygen atoms in total. The quantitative estimate of drug-likeness (QED) is 0.0282. The highest BCUT2D eigenvalue weighted by molar-refractivity contribution is 7.93. The van der Waals surface area contributed by atoms with E-state index in [4.69, 9.17) is 21.4 Å².